The normalized spacial score (nSPS) is 27.3. The van der Waals surface area contributed by atoms with Gasteiger partial charge in [-0.3, -0.25) is 0 Å². The molecule has 19 heavy (non-hydrogen) atoms. The van der Waals surface area contributed by atoms with Gasteiger partial charge in [0.05, 0.1) is 6.10 Å². The second-order valence-corrected chi connectivity index (χ2v) is 6.02. The number of aromatic nitrogens is 2. The minimum Gasteiger partial charge on any atom is -0.378 e. The third-order valence-corrected chi connectivity index (χ3v) is 4.38. The summed E-state index contributed by atoms with van der Waals surface area (Å²) in [7, 11) is 0. The molecule has 0 bridgehead atoms. The van der Waals surface area contributed by atoms with Gasteiger partial charge >= 0.3 is 0 Å². The summed E-state index contributed by atoms with van der Waals surface area (Å²) in [4.78, 5) is 4.61. The van der Waals surface area contributed by atoms with E-state index in [1.54, 1.807) is 0 Å². The fraction of sp³-hybridized carbons (Fsp3) is 0.857. The van der Waals surface area contributed by atoms with E-state index in [2.05, 4.69) is 22.4 Å². The number of ether oxygens (including phenoxy) is 1. The van der Waals surface area contributed by atoms with E-state index in [1.807, 2.05) is 0 Å². The van der Waals surface area contributed by atoms with Crippen molar-refractivity contribution in [3.63, 3.8) is 0 Å². The lowest BCUT2D eigenvalue weighted by Crippen LogP contribution is -2.37. The summed E-state index contributed by atoms with van der Waals surface area (Å²) in [5, 5.41) is 7.52. The Morgan fingerprint density at radius 1 is 1.32 bits per heavy atom. The highest BCUT2D eigenvalue weighted by atomic mass is 16.5. The molecule has 1 unspecified atom stereocenters. The predicted molar refractivity (Wildman–Crippen MR) is 71.0 cm³/mol. The minimum atomic E-state index is 0.0456. The maximum atomic E-state index is 5.73. The summed E-state index contributed by atoms with van der Waals surface area (Å²) in [5.74, 6) is 1.61. The molecule has 5 heteroatoms. The van der Waals surface area contributed by atoms with Crippen LogP contribution in [0, 0.1) is 0 Å². The molecular formula is C14H23N3O2. The Bertz CT molecular complexity index is 407. The molecule has 0 aliphatic carbocycles. The van der Waals surface area contributed by atoms with Gasteiger partial charge in [-0.1, -0.05) is 12.1 Å². The Kier molecular flexibility index (Phi) is 3.84. The number of hydrogen-bond acceptors (Lipinski definition) is 5. The fourth-order valence-corrected chi connectivity index (χ4v) is 2.95. The van der Waals surface area contributed by atoms with Crippen LogP contribution in [0.4, 0.5) is 0 Å². The van der Waals surface area contributed by atoms with Crippen LogP contribution in [0.1, 0.15) is 50.7 Å². The van der Waals surface area contributed by atoms with Gasteiger partial charge in [-0.2, -0.15) is 4.98 Å². The molecular weight excluding hydrogens is 242 g/mol. The lowest BCUT2D eigenvalue weighted by molar-refractivity contribution is 0.0153. The zero-order valence-electron chi connectivity index (χ0n) is 11.7. The zero-order chi connectivity index (χ0) is 13.1. The predicted octanol–water partition coefficient (Wildman–Crippen LogP) is 1.82. The summed E-state index contributed by atoms with van der Waals surface area (Å²) >= 11 is 0. The number of hydrogen-bond donors (Lipinski definition) is 1. The number of nitrogens with one attached hydrogen (secondary N) is 1. The van der Waals surface area contributed by atoms with Gasteiger partial charge in [0.15, 0.2) is 5.82 Å². The van der Waals surface area contributed by atoms with Crippen molar-refractivity contribution in [2.24, 2.45) is 0 Å². The van der Waals surface area contributed by atoms with Crippen molar-refractivity contribution < 1.29 is 9.26 Å². The molecule has 2 fully saturated rings. The van der Waals surface area contributed by atoms with E-state index >= 15 is 0 Å². The van der Waals surface area contributed by atoms with Gasteiger partial charge in [-0.25, -0.2) is 0 Å². The largest absolute Gasteiger partial charge is 0.378 e. The van der Waals surface area contributed by atoms with Crippen molar-refractivity contribution in [1.29, 1.82) is 0 Å². The molecule has 1 aromatic heterocycles. The lowest BCUT2D eigenvalue weighted by atomic mass is 9.81. The van der Waals surface area contributed by atoms with Crippen LogP contribution in [0.3, 0.4) is 0 Å². The highest BCUT2D eigenvalue weighted by molar-refractivity contribution is 5.05. The SMILES string of the molecule is CC1(c2nc(CC3CCCCO3)no2)CCNCC1. The second kappa shape index (κ2) is 5.59. The van der Waals surface area contributed by atoms with E-state index < -0.39 is 0 Å². The van der Waals surface area contributed by atoms with Crippen LogP contribution in [-0.4, -0.2) is 35.9 Å². The molecule has 2 aliphatic rings. The molecule has 1 N–H and O–H groups in total. The topological polar surface area (TPSA) is 60.2 Å². The van der Waals surface area contributed by atoms with E-state index in [9.17, 15) is 0 Å². The van der Waals surface area contributed by atoms with Crippen LogP contribution in [0.5, 0.6) is 0 Å². The van der Waals surface area contributed by atoms with Gasteiger partial charge in [-0.15, -0.1) is 0 Å². The van der Waals surface area contributed by atoms with Crippen molar-refractivity contribution >= 4 is 0 Å². The quantitative estimate of drug-likeness (QED) is 0.903. The van der Waals surface area contributed by atoms with Crippen molar-refractivity contribution in [1.82, 2.24) is 15.5 Å². The van der Waals surface area contributed by atoms with E-state index in [4.69, 9.17) is 9.26 Å². The van der Waals surface area contributed by atoms with Gasteiger partial charge in [0, 0.05) is 18.4 Å². The maximum Gasteiger partial charge on any atom is 0.232 e. The van der Waals surface area contributed by atoms with Gasteiger partial charge < -0.3 is 14.6 Å². The van der Waals surface area contributed by atoms with Crippen molar-refractivity contribution in [3.8, 4) is 0 Å². The molecule has 3 heterocycles. The molecule has 1 atom stereocenters. The molecule has 0 spiro atoms. The van der Waals surface area contributed by atoms with Gasteiger partial charge in [0.1, 0.15) is 0 Å². The third-order valence-electron chi connectivity index (χ3n) is 4.38. The summed E-state index contributed by atoms with van der Waals surface area (Å²) in [6.07, 6.45) is 6.74. The Morgan fingerprint density at radius 2 is 2.16 bits per heavy atom. The molecule has 3 rings (SSSR count). The average molecular weight is 265 g/mol. The first kappa shape index (κ1) is 13.1. The Labute approximate surface area is 114 Å². The smallest absolute Gasteiger partial charge is 0.232 e. The first-order valence-electron chi connectivity index (χ1n) is 7.42. The van der Waals surface area contributed by atoms with Crippen molar-refractivity contribution in [2.45, 2.75) is 57.0 Å². The lowest BCUT2D eigenvalue weighted by Gasteiger charge is -2.30. The molecule has 1 aromatic rings. The summed E-state index contributed by atoms with van der Waals surface area (Å²) in [6, 6.07) is 0. The monoisotopic (exact) mass is 265 g/mol. The van der Waals surface area contributed by atoms with Crippen LogP contribution in [0.25, 0.3) is 0 Å². The highest BCUT2D eigenvalue weighted by Crippen LogP contribution is 2.31. The average Bonchev–Trinajstić information content (AvgIpc) is 2.90. The molecule has 2 saturated heterocycles. The molecule has 0 aromatic carbocycles. The van der Waals surface area contributed by atoms with Crippen LogP contribution < -0.4 is 5.32 Å². The first-order valence-corrected chi connectivity index (χ1v) is 7.42. The Balaban J connectivity index is 1.65. The molecule has 106 valence electrons. The summed E-state index contributed by atoms with van der Waals surface area (Å²) in [6.45, 7) is 5.15. The van der Waals surface area contributed by atoms with Crippen LogP contribution in [0.2, 0.25) is 0 Å². The highest BCUT2D eigenvalue weighted by Gasteiger charge is 2.34. The molecule has 0 saturated carbocycles. The first-order chi connectivity index (χ1) is 9.26. The van der Waals surface area contributed by atoms with Gasteiger partial charge in [0.2, 0.25) is 5.89 Å². The number of rotatable bonds is 3. The van der Waals surface area contributed by atoms with Gasteiger partial charge in [-0.05, 0) is 45.2 Å². The summed E-state index contributed by atoms with van der Waals surface area (Å²) < 4.78 is 11.2. The zero-order valence-corrected chi connectivity index (χ0v) is 11.7. The second-order valence-electron chi connectivity index (χ2n) is 6.02. The Hall–Kier alpha value is -0.940. The maximum absolute atomic E-state index is 5.73. The fourth-order valence-electron chi connectivity index (χ4n) is 2.95. The molecule has 0 radical (unpaired) electrons. The van der Waals surface area contributed by atoms with E-state index in [1.165, 1.54) is 12.8 Å². The molecule has 0 amide bonds. The van der Waals surface area contributed by atoms with E-state index in [0.29, 0.717) is 0 Å². The molecule has 5 nitrogen and oxygen atoms in total. The van der Waals surface area contributed by atoms with Crippen molar-refractivity contribution in [2.75, 3.05) is 19.7 Å². The number of nitrogens with zero attached hydrogens (tertiary/aromatic N) is 2. The molecule has 2 aliphatic heterocycles. The van der Waals surface area contributed by atoms with E-state index in [-0.39, 0.29) is 11.5 Å². The number of piperidine rings is 1. The van der Waals surface area contributed by atoms with Crippen LogP contribution in [-0.2, 0) is 16.6 Å². The van der Waals surface area contributed by atoms with Crippen LogP contribution in [0.15, 0.2) is 4.52 Å². The minimum absolute atomic E-state index is 0.0456. The third kappa shape index (κ3) is 2.98. The van der Waals surface area contributed by atoms with E-state index in [0.717, 1.165) is 57.1 Å². The Morgan fingerprint density at radius 3 is 2.89 bits per heavy atom. The van der Waals surface area contributed by atoms with Crippen molar-refractivity contribution in [3.05, 3.63) is 11.7 Å². The van der Waals surface area contributed by atoms with Gasteiger partial charge in [0.25, 0.3) is 0 Å². The standard InChI is InChI=1S/C14H23N3O2/c1-14(5-7-15-8-6-14)13-16-12(17-19-13)10-11-4-2-3-9-18-11/h11,15H,2-10H2,1H3. The van der Waals surface area contributed by atoms with Crippen LogP contribution >= 0.6 is 0 Å². The summed E-state index contributed by atoms with van der Waals surface area (Å²) in [5.41, 5.74) is 0.0456.